The van der Waals surface area contributed by atoms with Crippen molar-refractivity contribution >= 4 is 22.6 Å². The van der Waals surface area contributed by atoms with E-state index in [1.807, 2.05) is 37.3 Å². The van der Waals surface area contributed by atoms with Crippen LogP contribution in [0.15, 0.2) is 57.7 Å². The van der Waals surface area contributed by atoms with E-state index in [9.17, 15) is 9.59 Å². The van der Waals surface area contributed by atoms with Gasteiger partial charge in [-0.25, -0.2) is 4.79 Å². The van der Waals surface area contributed by atoms with Gasteiger partial charge in [-0.3, -0.25) is 4.79 Å². The average molecular weight is 365 g/mol. The summed E-state index contributed by atoms with van der Waals surface area (Å²) < 4.78 is 10.9. The van der Waals surface area contributed by atoms with Crippen molar-refractivity contribution in [2.45, 2.75) is 39.7 Å². The minimum absolute atomic E-state index is 0.252. The van der Waals surface area contributed by atoms with Crippen molar-refractivity contribution in [1.29, 1.82) is 0 Å². The Morgan fingerprint density at radius 3 is 2.41 bits per heavy atom. The van der Waals surface area contributed by atoms with Crippen LogP contribution in [0, 0.1) is 6.92 Å². The monoisotopic (exact) mass is 365 g/mol. The summed E-state index contributed by atoms with van der Waals surface area (Å²) in [5.41, 5.74) is 2.80. The Morgan fingerprint density at radius 1 is 1.04 bits per heavy atom. The fraction of sp³-hybridized carbons (Fsp3) is 0.273. The smallest absolute Gasteiger partial charge is 0.336 e. The van der Waals surface area contributed by atoms with Crippen LogP contribution in [0.2, 0.25) is 0 Å². The van der Waals surface area contributed by atoms with Crippen LogP contribution in [0.5, 0.6) is 5.75 Å². The highest BCUT2D eigenvalue weighted by molar-refractivity contribution is 5.94. The number of aryl methyl sites for hydroxylation is 1. The number of hydrogen-bond donors (Lipinski definition) is 1. The molecule has 0 radical (unpaired) electrons. The van der Waals surface area contributed by atoms with Gasteiger partial charge < -0.3 is 14.5 Å². The molecule has 27 heavy (non-hydrogen) atoms. The normalized spacial score (nSPS) is 12.2. The highest BCUT2D eigenvalue weighted by atomic mass is 16.5. The Kier molecular flexibility index (Phi) is 5.31. The molecule has 2 aromatic carbocycles. The van der Waals surface area contributed by atoms with Gasteiger partial charge in [-0.15, -0.1) is 0 Å². The lowest BCUT2D eigenvalue weighted by Crippen LogP contribution is -2.30. The molecule has 1 atom stereocenters. The van der Waals surface area contributed by atoms with Gasteiger partial charge in [-0.2, -0.15) is 0 Å². The Balaban J connectivity index is 1.70. The summed E-state index contributed by atoms with van der Waals surface area (Å²) in [6.07, 6.45) is -0.705. The SMILES string of the molecule is Cc1cc(=O)oc2cc(OC(C)C(=O)Nc3ccc(C(C)C)cc3)ccc12. The first kappa shape index (κ1) is 18.7. The van der Waals surface area contributed by atoms with E-state index in [0.29, 0.717) is 17.3 Å². The molecule has 1 heterocycles. The number of anilines is 1. The molecule has 5 heteroatoms. The third-order valence-electron chi connectivity index (χ3n) is 4.45. The summed E-state index contributed by atoms with van der Waals surface area (Å²) in [5, 5.41) is 3.68. The van der Waals surface area contributed by atoms with E-state index in [2.05, 4.69) is 19.2 Å². The van der Waals surface area contributed by atoms with Crippen molar-refractivity contribution in [1.82, 2.24) is 0 Å². The van der Waals surface area contributed by atoms with Gasteiger partial charge in [0.15, 0.2) is 6.10 Å². The van der Waals surface area contributed by atoms with E-state index in [4.69, 9.17) is 9.15 Å². The van der Waals surface area contributed by atoms with Crippen LogP contribution in [-0.2, 0) is 4.79 Å². The second-order valence-electron chi connectivity index (χ2n) is 6.93. The van der Waals surface area contributed by atoms with Gasteiger partial charge >= 0.3 is 5.63 Å². The van der Waals surface area contributed by atoms with Crippen LogP contribution < -0.4 is 15.7 Å². The molecular formula is C22H23NO4. The zero-order chi connectivity index (χ0) is 19.6. The molecule has 0 aliphatic carbocycles. The van der Waals surface area contributed by atoms with Gasteiger partial charge in [0.25, 0.3) is 5.91 Å². The number of nitrogens with one attached hydrogen (secondary N) is 1. The van der Waals surface area contributed by atoms with Crippen molar-refractivity contribution in [3.63, 3.8) is 0 Å². The third kappa shape index (κ3) is 4.37. The molecule has 0 saturated heterocycles. The molecular weight excluding hydrogens is 342 g/mol. The largest absolute Gasteiger partial charge is 0.481 e. The molecule has 140 valence electrons. The van der Waals surface area contributed by atoms with E-state index >= 15 is 0 Å². The predicted octanol–water partition coefficient (Wildman–Crippen LogP) is 4.63. The highest BCUT2D eigenvalue weighted by Gasteiger charge is 2.16. The molecule has 1 unspecified atom stereocenters. The van der Waals surface area contributed by atoms with Crippen molar-refractivity contribution in [2.24, 2.45) is 0 Å². The first-order valence-corrected chi connectivity index (χ1v) is 8.95. The number of carbonyl (C=O) groups excluding carboxylic acids is 1. The van der Waals surface area contributed by atoms with Gasteiger partial charge in [-0.1, -0.05) is 26.0 Å². The maximum atomic E-state index is 12.4. The van der Waals surface area contributed by atoms with Crippen LogP contribution in [-0.4, -0.2) is 12.0 Å². The summed E-state index contributed by atoms with van der Waals surface area (Å²) in [7, 11) is 0. The fourth-order valence-corrected chi connectivity index (χ4v) is 2.83. The zero-order valence-corrected chi connectivity index (χ0v) is 15.9. The third-order valence-corrected chi connectivity index (χ3v) is 4.45. The van der Waals surface area contributed by atoms with Gasteiger partial charge in [0.05, 0.1) is 0 Å². The Morgan fingerprint density at radius 2 is 1.74 bits per heavy atom. The first-order valence-electron chi connectivity index (χ1n) is 8.95. The summed E-state index contributed by atoms with van der Waals surface area (Å²) >= 11 is 0. The number of rotatable bonds is 5. The van der Waals surface area contributed by atoms with Gasteiger partial charge in [0.2, 0.25) is 0 Å². The summed E-state index contributed by atoms with van der Waals surface area (Å²) in [6, 6.07) is 14.4. The molecule has 0 bridgehead atoms. The molecule has 3 aromatic rings. The molecule has 0 aliphatic heterocycles. The quantitative estimate of drug-likeness (QED) is 0.669. The number of hydrogen-bond acceptors (Lipinski definition) is 4. The van der Waals surface area contributed by atoms with Crippen LogP contribution in [0.3, 0.4) is 0 Å². The number of carbonyl (C=O) groups is 1. The zero-order valence-electron chi connectivity index (χ0n) is 15.9. The van der Waals surface area contributed by atoms with Crippen molar-refractivity contribution in [2.75, 3.05) is 5.32 Å². The minimum atomic E-state index is -0.705. The molecule has 0 fully saturated rings. The van der Waals surface area contributed by atoms with Gasteiger partial charge in [0.1, 0.15) is 11.3 Å². The molecule has 1 amide bonds. The molecule has 0 aliphatic rings. The van der Waals surface area contributed by atoms with Crippen LogP contribution >= 0.6 is 0 Å². The molecule has 1 N–H and O–H groups in total. The van der Waals surface area contributed by atoms with Crippen LogP contribution in [0.4, 0.5) is 5.69 Å². The Bertz CT molecular complexity index is 1020. The van der Waals surface area contributed by atoms with Crippen molar-refractivity contribution in [3.05, 3.63) is 70.1 Å². The van der Waals surface area contributed by atoms with E-state index in [-0.39, 0.29) is 5.91 Å². The van der Waals surface area contributed by atoms with E-state index in [0.717, 1.165) is 16.6 Å². The molecule has 0 saturated carbocycles. The fourth-order valence-electron chi connectivity index (χ4n) is 2.83. The van der Waals surface area contributed by atoms with E-state index < -0.39 is 11.7 Å². The second-order valence-corrected chi connectivity index (χ2v) is 6.93. The standard InChI is InChI=1S/C22H23NO4/c1-13(2)16-5-7-17(8-6-16)23-22(25)15(4)26-18-9-10-19-14(3)11-21(24)27-20(19)12-18/h5-13,15H,1-4H3,(H,23,25). The van der Waals surface area contributed by atoms with Gasteiger partial charge in [0, 0.05) is 23.2 Å². The van der Waals surface area contributed by atoms with E-state index in [1.165, 1.54) is 11.6 Å². The number of benzene rings is 2. The maximum Gasteiger partial charge on any atom is 0.336 e. The lowest BCUT2D eigenvalue weighted by molar-refractivity contribution is -0.122. The minimum Gasteiger partial charge on any atom is -0.481 e. The average Bonchev–Trinajstić information content (AvgIpc) is 2.61. The Labute approximate surface area is 158 Å². The highest BCUT2D eigenvalue weighted by Crippen LogP contribution is 2.23. The van der Waals surface area contributed by atoms with Crippen LogP contribution in [0.25, 0.3) is 11.0 Å². The van der Waals surface area contributed by atoms with Crippen molar-refractivity contribution < 1.29 is 13.9 Å². The number of fused-ring (bicyclic) bond motifs is 1. The second kappa shape index (κ2) is 7.66. The number of ether oxygens (including phenoxy) is 1. The lowest BCUT2D eigenvalue weighted by atomic mass is 10.0. The first-order chi connectivity index (χ1) is 12.8. The Hall–Kier alpha value is -3.08. The summed E-state index contributed by atoms with van der Waals surface area (Å²) in [4.78, 5) is 23.9. The van der Waals surface area contributed by atoms with Gasteiger partial charge in [-0.05, 0) is 55.2 Å². The lowest BCUT2D eigenvalue weighted by Gasteiger charge is -2.15. The van der Waals surface area contributed by atoms with Crippen molar-refractivity contribution in [3.8, 4) is 5.75 Å². The summed E-state index contributed by atoms with van der Waals surface area (Å²) in [5.74, 6) is 0.653. The molecule has 5 nitrogen and oxygen atoms in total. The predicted molar refractivity (Wildman–Crippen MR) is 106 cm³/mol. The topological polar surface area (TPSA) is 68.5 Å². The molecule has 3 rings (SSSR count). The number of amides is 1. The van der Waals surface area contributed by atoms with E-state index in [1.54, 1.807) is 19.1 Å². The van der Waals surface area contributed by atoms with Crippen LogP contribution in [0.1, 0.15) is 37.8 Å². The molecule has 1 aromatic heterocycles. The maximum absolute atomic E-state index is 12.4. The summed E-state index contributed by atoms with van der Waals surface area (Å²) in [6.45, 7) is 7.77. The molecule has 0 spiro atoms.